The van der Waals surface area contributed by atoms with Crippen molar-refractivity contribution in [1.29, 1.82) is 0 Å². The summed E-state index contributed by atoms with van der Waals surface area (Å²) in [4.78, 5) is 1.75. The van der Waals surface area contributed by atoms with E-state index in [1.807, 2.05) is 0 Å². The number of fused-ring (bicyclic) bond motifs is 5. The van der Waals surface area contributed by atoms with Gasteiger partial charge in [-0.2, -0.15) is 0 Å². The molecule has 0 aromatic rings. The van der Waals surface area contributed by atoms with Crippen molar-refractivity contribution in [3.63, 3.8) is 0 Å². The third kappa shape index (κ3) is 2.72. The molecule has 4 saturated carbocycles. The van der Waals surface area contributed by atoms with Gasteiger partial charge in [0.25, 0.3) is 0 Å². The molecule has 0 radical (unpaired) electrons. The zero-order chi connectivity index (χ0) is 17.8. The molecule has 9 atom stereocenters. The maximum atomic E-state index is 10.2. The lowest BCUT2D eigenvalue weighted by Gasteiger charge is -2.60. The molecular weight excluding hydrogens is 308 g/mol. The highest BCUT2D eigenvalue weighted by atomic mass is 16.3. The minimum absolute atomic E-state index is 0.0146. The maximum Gasteiger partial charge on any atom is 0.127 e. The van der Waals surface area contributed by atoms with E-state index < -0.39 is 0 Å². The van der Waals surface area contributed by atoms with Crippen LogP contribution in [0.15, 0.2) is 0 Å². The second kappa shape index (κ2) is 6.49. The molecule has 0 spiro atoms. The van der Waals surface area contributed by atoms with Gasteiger partial charge >= 0.3 is 0 Å². The minimum atomic E-state index is -0.0146. The molecular formula is C22H42N2O+2. The van der Waals surface area contributed by atoms with Crippen LogP contribution in [-0.4, -0.2) is 37.4 Å². The van der Waals surface area contributed by atoms with E-state index in [0.717, 1.165) is 49.1 Å². The Morgan fingerprint density at radius 3 is 2.44 bits per heavy atom. The van der Waals surface area contributed by atoms with E-state index in [4.69, 9.17) is 0 Å². The Kier molecular flexibility index (Phi) is 4.74. The lowest BCUT2D eigenvalue weighted by atomic mass is 9.45. The standard InChI is InChI=1S/C22H40N2O/c1-21-10-8-16(25)14-15(21)4-5-17-18-6-7-20(24(3)13-12-23)22(18,2)11-9-19(17)21/h15-20,25H,4-14,23H2,1-3H3/p+2/t15-,16-,17+,18+,19-,20-,21-,22-/m0/s1. The highest BCUT2D eigenvalue weighted by Gasteiger charge is 2.61. The van der Waals surface area contributed by atoms with Crippen LogP contribution in [0.4, 0.5) is 0 Å². The van der Waals surface area contributed by atoms with Crippen LogP contribution < -0.4 is 10.6 Å². The molecule has 144 valence electrons. The number of nitrogens with one attached hydrogen (secondary N) is 1. The summed E-state index contributed by atoms with van der Waals surface area (Å²) in [7, 11) is 2.43. The molecule has 25 heavy (non-hydrogen) atoms. The van der Waals surface area contributed by atoms with Gasteiger partial charge < -0.3 is 15.7 Å². The fourth-order valence-electron chi connectivity index (χ4n) is 8.50. The van der Waals surface area contributed by atoms with Gasteiger partial charge in [-0.05, 0) is 80.5 Å². The van der Waals surface area contributed by atoms with Crippen molar-refractivity contribution in [2.75, 3.05) is 20.1 Å². The number of hydrogen-bond donors (Lipinski definition) is 3. The molecule has 3 heteroatoms. The summed E-state index contributed by atoms with van der Waals surface area (Å²) < 4.78 is 0. The van der Waals surface area contributed by atoms with Crippen LogP contribution in [0.5, 0.6) is 0 Å². The number of aliphatic hydroxyl groups is 1. The van der Waals surface area contributed by atoms with Crippen LogP contribution >= 0.6 is 0 Å². The number of likely N-dealkylation sites (N-methyl/N-ethyl adjacent to an activating group) is 1. The smallest absolute Gasteiger partial charge is 0.127 e. The van der Waals surface area contributed by atoms with Crippen molar-refractivity contribution in [3.05, 3.63) is 0 Å². The maximum absolute atomic E-state index is 10.2. The molecule has 0 aromatic carbocycles. The van der Waals surface area contributed by atoms with E-state index in [-0.39, 0.29) is 6.10 Å². The summed E-state index contributed by atoms with van der Waals surface area (Å²) in [6.07, 6.45) is 12.0. The van der Waals surface area contributed by atoms with Gasteiger partial charge in [-0.3, -0.25) is 0 Å². The molecule has 4 fully saturated rings. The van der Waals surface area contributed by atoms with E-state index in [9.17, 15) is 5.11 Å². The van der Waals surface area contributed by atoms with Gasteiger partial charge in [-0.25, -0.2) is 0 Å². The van der Waals surface area contributed by atoms with Gasteiger partial charge in [0.05, 0.1) is 19.2 Å². The molecule has 0 aromatic heterocycles. The Hall–Kier alpha value is -0.120. The van der Waals surface area contributed by atoms with Gasteiger partial charge in [0.15, 0.2) is 0 Å². The van der Waals surface area contributed by atoms with Crippen molar-refractivity contribution in [3.8, 4) is 0 Å². The van der Waals surface area contributed by atoms with Crippen molar-refractivity contribution in [1.82, 2.24) is 0 Å². The van der Waals surface area contributed by atoms with Gasteiger partial charge in [-0.15, -0.1) is 0 Å². The van der Waals surface area contributed by atoms with Crippen molar-refractivity contribution >= 4 is 0 Å². The molecule has 0 saturated heterocycles. The summed E-state index contributed by atoms with van der Waals surface area (Å²) in [6.45, 7) is 7.56. The zero-order valence-electron chi connectivity index (χ0n) is 16.9. The highest BCUT2D eigenvalue weighted by molar-refractivity contribution is 5.09. The first-order chi connectivity index (χ1) is 11.9. The first kappa shape index (κ1) is 18.3. The fraction of sp³-hybridized carbons (Fsp3) is 1.00. The number of hydrogen-bond acceptors (Lipinski definition) is 1. The van der Waals surface area contributed by atoms with E-state index >= 15 is 0 Å². The largest absolute Gasteiger partial charge is 0.393 e. The summed E-state index contributed by atoms with van der Waals surface area (Å²) in [5, 5.41) is 10.2. The van der Waals surface area contributed by atoms with Crippen LogP contribution in [0.2, 0.25) is 0 Å². The van der Waals surface area contributed by atoms with E-state index in [1.165, 1.54) is 51.5 Å². The average Bonchev–Trinajstić information content (AvgIpc) is 2.93. The van der Waals surface area contributed by atoms with Crippen LogP contribution in [0, 0.1) is 34.5 Å². The molecule has 4 aliphatic carbocycles. The average molecular weight is 351 g/mol. The third-order valence-corrected chi connectivity index (χ3v) is 9.80. The molecule has 4 rings (SSSR count). The molecule has 5 N–H and O–H groups in total. The van der Waals surface area contributed by atoms with Crippen molar-refractivity contribution < 1.29 is 15.7 Å². The molecule has 4 aliphatic rings. The highest BCUT2D eigenvalue weighted by Crippen LogP contribution is 2.65. The SMILES string of the molecule is C[NH+](CC[NH3+])[C@H]1CC[C@@H]2[C@H]3CC[C@H]4C[C@@H](O)CC[C@]4(C)[C@H]3CC[C@@]21C. The number of rotatable bonds is 3. The summed E-state index contributed by atoms with van der Waals surface area (Å²) in [6, 6.07) is 0.860. The number of quaternary nitrogens is 2. The van der Waals surface area contributed by atoms with Crippen LogP contribution in [-0.2, 0) is 0 Å². The van der Waals surface area contributed by atoms with E-state index in [2.05, 4.69) is 26.6 Å². The summed E-state index contributed by atoms with van der Waals surface area (Å²) in [5.41, 5.74) is 5.20. The molecule has 0 aliphatic heterocycles. The van der Waals surface area contributed by atoms with E-state index in [0.29, 0.717) is 10.8 Å². The predicted octanol–water partition coefficient (Wildman–Crippen LogP) is 1.52. The lowest BCUT2D eigenvalue weighted by Crippen LogP contribution is -3.15. The first-order valence-electron chi connectivity index (χ1n) is 11.2. The van der Waals surface area contributed by atoms with Crippen LogP contribution in [0.1, 0.15) is 71.6 Å². The monoisotopic (exact) mass is 350 g/mol. The molecule has 3 nitrogen and oxygen atoms in total. The lowest BCUT2D eigenvalue weighted by molar-refractivity contribution is -0.918. The second-order valence-electron chi connectivity index (χ2n) is 10.7. The third-order valence-electron chi connectivity index (χ3n) is 9.80. The van der Waals surface area contributed by atoms with E-state index in [1.54, 1.807) is 4.90 Å². The topological polar surface area (TPSA) is 52.3 Å². The molecule has 0 bridgehead atoms. The van der Waals surface area contributed by atoms with Crippen molar-refractivity contribution in [2.24, 2.45) is 34.5 Å². The van der Waals surface area contributed by atoms with Crippen LogP contribution in [0.25, 0.3) is 0 Å². The zero-order valence-corrected chi connectivity index (χ0v) is 16.9. The van der Waals surface area contributed by atoms with Crippen molar-refractivity contribution in [2.45, 2.75) is 83.8 Å². The minimum Gasteiger partial charge on any atom is -0.393 e. The Morgan fingerprint density at radius 1 is 0.960 bits per heavy atom. The van der Waals surface area contributed by atoms with Crippen LogP contribution in [0.3, 0.4) is 0 Å². The quantitative estimate of drug-likeness (QED) is 0.710. The van der Waals surface area contributed by atoms with Gasteiger partial charge in [-0.1, -0.05) is 13.8 Å². The van der Waals surface area contributed by atoms with Gasteiger partial charge in [0.2, 0.25) is 0 Å². The Morgan fingerprint density at radius 2 is 1.68 bits per heavy atom. The van der Waals surface area contributed by atoms with Gasteiger partial charge in [0.1, 0.15) is 13.1 Å². The summed E-state index contributed by atoms with van der Waals surface area (Å²) >= 11 is 0. The predicted molar refractivity (Wildman–Crippen MR) is 101 cm³/mol. The fourth-order valence-corrected chi connectivity index (χ4v) is 8.50. The second-order valence-corrected chi connectivity index (χ2v) is 10.7. The normalized spacial score (nSPS) is 53.6. The Balaban J connectivity index is 1.56. The molecule has 0 heterocycles. The summed E-state index contributed by atoms with van der Waals surface area (Å²) in [5.74, 6) is 3.65. The van der Waals surface area contributed by atoms with Gasteiger partial charge in [0, 0.05) is 11.8 Å². The molecule has 1 unspecified atom stereocenters. The Bertz CT molecular complexity index is 496. The number of aliphatic hydroxyl groups excluding tert-OH is 1. The first-order valence-corrected chi connectivity index (χ1v) is 11.2. The Labute approximate surface area is 154 Å². The molecule has 0 amide bonds.